The number of amides is 1. The van der Waals surface area contributed by atoms with Crippen LogP contribution in [0.25, 0.3) is 5.69 Å². The van der Waals surface area contributed by atoms with Crippen molar-refractivity contribution in [2.45, 2.75) is 13.1 Å². The van der Waals surface area contributed by atoms with Crippen molar-refractivity contribution in [1.82, 2.24) is 29.9 Å². The first kappa shape index (κ1) is 22.2. The van der Waals surface area contributed by atoms with Crippen LogP contribution in [0.15, 0.2) is 54.8 Å². The maximum atomic E-state index is 13.2. The van der Waals surface area contributed by atoms with Gasteiger partial charge in [-0.05, 0) is 25.1 Å². The van der Waals surface area contributed by atoms with E-state index in [0.717, 1.165) is 6.20 Å². The van der Waals surface area contributed by atoms with Crippen molar-refractivity contribution in [3.05, 3.63) is 71.0 Å². The Hall–Kier alpha value is -3.47. The van der Waals surface area contributed by atoms with Crippen molar-refractivity contribution in [2.75, 3.05) is 18.9 Å². The minimum atomic E-state index is -4.56. The summed E-state index contributed by atoms with van der Waals surface area (Å²) >= 11 is 6.08. The molecule has 0 aliphatic carbocycles. The van der Waals surface area contributed by atoms with E-state index in [4.69, 9.17) is 11.6 Å². The number of likely N-dealkylation sites (N-methyl/N-ethyl adjacent to an activating group) is 1. The molecule has 2 heterocycles. The van der Waals surface area contributed by atoms with Crippen LogP contribution in [-0.4, -0.2) is 49.4 Å². The summed E-state index contributed by atoms with van der Waals surface area (Å²) in [6.07, 6.45) is 1.72. The normalized spacial score (nSPS) is 12.0. The molecular weight excluding hydrogens is 435 g/mol. The van der Waals surface area contributed by atoms with E-state index in [1.807, 2.05) is 0 Å². The van der Waals surface area contributed by atoms with E-state index in [9.17, 15) is 18.0 Å². The second-order valence-electron chi connectivity index (χ2n) is 6.26. The summed E-state index contributed by atoms with van der Waals surface area (Å²) in [5.74, 6) is -0.236. The maximum Gasteiger partial charge on any atom is 0.434 e. The number of carbonyl (C=O) groups is 1. The van der Waals surface area contributed by atoms with E-state index in [2.05, 4.69) is 25.5 Å². The maximum absolute atomic E-state index is 13.2. The predicted molar refractivity (Wildman–Crippen MR) is 108 cm³/mol. The number of hydrogen-bond acceptors (Lipinski definition) is 6. The summed E-state index contributed by atoms with van der Waals surface area (Å²) in [7, 11) is 1.57. The van der Waals surface area contributed by atoms with E-state index < -0.39 is 11.9 Å². The summed E-state index contributed by atoms with van der Waals surface area (Å²) < 4.78 is 37.8. The molecule has 12 heteroatoms. The van der Waals surface area contributed by atoms with Crippen LogP contribution in [0.1, 0.15) is 23.0 Å². The van der Waals surface area contributed by atoms with Gasteiger partial charge in [0.2, 0.25) is 0 Å². The largest absolute Gasteiger partial charge is 0.434 e. The molecule has 0 fully saturated rings. The zero-order chi connectivity index (χ0) is 22.6. The molecule has 3 rings (SSSR count). The second-order valence-corrected chi connectivity index (χ2v) is 6.70. The fourth-order valence-corrected chi connectivity index (χ4v) is 2.84. The van der Waals surface area contributed by atoms with Gasteiger partial charge in [0.1, 0.15) is 5.82 Å². The van der Waals surface area contributed by atoms with E-state index in [1.165, 1.54) is 28.2 Å². The third kappa shape index (κ3) is 5.18. The third-order valence-corrected chi connectivity index (χ3v) is 4.52. The average Bonchev–Trinajstić information content (AvgIpc) is 3.27. The van der Waals surface area contributed by atoms with E-state index >= 15 is 0 Å². The molecule has 0 atom stereocenters. The highest BCUT2D eigenvalue weighted by atomic mass is 35.5. The second kappa shape index (κ2) is 9.13. The Balaban J connectivity index is 1.76. The molecule has 0 saturated carbocycles. The van der Waals surface area contributed by atoms with Gasteiger partial charge in [-0.2, -0.15) is 28.2 Å². The molecule has 0 bridgehead atoms. The molecule has 162 valence electrons. The lowest BCUT2D eigenvalue weighted by Crippen LogP contribution is -2.30. The molecular formula is C19H17ClF3N7O. The summed E-state index contributed by atoms with van der Waals surface area (Å²) in [6.45, 7) is 1.85. The highest BCUT2D eigenvalue weighted by molar-refractivity contribution is 6.31. The van der Waals surface area contributed by atoms with Gasteiger partial charge in [0.05, 0.1) is 42.6 Å². The van der Waals surface area contributed by atoms with Crippen LogP contribution in [0, 0.1) is 0 Å². The predicted octanol–water partition coefficient (Wildman–Crippen LogP) is 3.82. The fourth-order valence-electron chi connectivity index (χ4n) is 2.67. The monoisotopic (exact) mass is 451 g/mol. The molecule has 0 saturated heterocycles. The Kier molecular flexibility index (Phi) is 6.54. The number of nitrogens with zero attached hydrogens (tertiary/aromatic N) is 6. The molecule has 31 heavy (non-hydrogen) atoms. The number of nitrogens with one attached hydrogen (secondary N) is 1. The Morgan fingerprint density at radius 3 is 2.52 bits per heavy atom. The molecule has 1 amide bonds. The van der Waals surface area contributed by atoms with E-state index in [1.54, 1.807) is 32.2 Å². The summed E-state index contributed by atoms with van der Waals surface area (Å²) in [5, 5.41) is 11.3. The molecule has 8 nitrogen and oxygen atoms in total. The van der Waals surface area contributed by atoms with Gasteiger partial charge in [0.15, 0.2) is 5.69 Å². The van der Waals surface area contributed by atoms with Crippen LogP contribution < -0.4 is 5.32 Å². The van der Waals surface area contributed by atoms with Crippen LogP contribution in [-0.2, 0) is 6.18 Å². The van der Waals surface area contributed by atoms with Gasteiger partial charge in [-0.25, -0.2) is 9.97 Å². The standard InChI is InChI=1S/C19H17ClF3N7O/c1-3-13(9-25-17-11-24-16(10-26-17)19(21,22)23)29(2)18(31)14-8-12(20)4-5-15(14)30-27-6-7-28-30/h3-8,10-11H,9H2,1-2H3,(H,25,26)/b13-3+. The Bertz CT molecular complexity index is 1080. The van der Waals surface area contributed by atoms with Crippen LogP contribution in [0.3, 0.4) is 0 Å². The summed E-state index contributed by atoms with van der Waals surface area (Å²) in [4.78, 5) is 22.9. The van der Waals surface area contributed by atoms with Crippen LogP contribution >= 0.6 is 11.6 Å². The lowest BCUT2D eigenvalue weighted by Gasteiger charge is -2.22. The van der Waals surface area contributed by atoms with E-state index in [0.29, 0.717) is 22.6 Å². The number of allylic oxidation sites excluding steroid dienone is 1. The SMILES string of the molecule is C/C=C(\CNc1cnc(C(F)(F)F)cn1)N(C)C(=O)c1cc(Cl)ccc1-n1nccn1. The number of benzene rings is 1. The molecule has 0 aliphatic rings. The van der Waals surface area contributed by atoms with Crippen LogP contribution in [0.4, 0.5) is 19.0 Å². The van der Waals surface area contributed by atoms with Gasteiger partial charge in [-0.3, -0.25) is 4.79 Å². The van der Waals surface area contributed by atoms with E-state index in [-0.39, 0.29) is 23.8 Å². The molecule has 1 N–H and O–H groups in total. The van der Waals surface area contributed by atoms with Crippen molar-refractivity contribution in [1.29, 1.82) is 0 Å². The zero-order valence-electron chi connectivity index (χ0n) is 16.4. The van der Waals surface area contributed by atoms with Gasteiger partial charge in [0.25, 0.3) is 5.91 Å². The summed E-state index contributed by atoms with van der Waals surface area (Å²) in [6, 6.07) is 4.77. The van der Waals surface area contributed by atoms with Crippen LogP contribution in [0.2, 0.25) is 5.02 Å². The van der Waals surface area contributed by atoms with Gasteiger partial charge in [-0.1, -0.05) is 17.7 Å². The number of anilines is 1. The minimum absolute atomic E-state index is 0.120. The first-order chi connectivity index (χ1) is 14.7. The molecule has 2 aromatic heterocycles. The number of carbonyl (C=O) groups excluding carboxylic acids is 1. The Morgan fingerprint density at radius 1 is 1.23 bits per heavy atom. The smallest absolute Gasteiger partial charge is 0.363 e. The van der Waals surface area contributed by atoms with Crippen molar-refractivity contribution in [3.8, 4) is 5.69 Å². The van der Waals surface area contributed by atoms with Gasteiger partial charge < -0.3 is 10.2 Å². The van der Waals surface area contributed by atoms with Gasteiger partial charge in [0, 0.05) is 17.8 Å². The van der Waals surface area contributed by atoms with Gasteiger partial charge >= 0.3 is 6.18 Å². The van der Waals surface area contributed by atoms with Gasteiger partial charge in [-0.15, -0.1) is 0 Å². The van der Waals surface area contributed by atoms with Crippen molar-refractivity contribution in [3.63, 3.8) is 0 Å². The topological polar surface area (TPSA) is 88.8 Å². The van der Waals surface area contributed by atoms with Crippen LogP contribution in [0.5, 0.6) is 0 Å². The number of halogens is 4. The third-order valence-electron chi connectivity index (χ3n) is 4.28. The zero-order valence-corrected chi connectivity index (χ0v) is 17.2. The highest BCUT2D eigenvalue weighted by Gasteiger charge is 2.32. The van der Waals surface area contributed by atoms with Crippen molar-refractivity contribution in [2.24, 2.45) is 0 Å². The van der Waals surface area contributed by atoms with Crippen molar-refractivity contribution >= 4 is 23.3 Å². The number of alkyl halides is 3. The molecule has 1 aromatic carbocycles. The number of rotatable bonds is 6. The Morgan fingerprint density at radius 2 is 1.94 bits per heavy atom. The lowest BCUT2D eigenvalue weighted by molar-refractivity contribution is -0.141. The Labute approximate surface area is 180 Å². The lowest BCUT2D eigenvalue weighted by atomic mass is 10.1. The first-order valence-electron chi connectivity index (χ1n) is 8.93. The van der Waals surface area contributed by atoms with Crippen molar-refractivity contribution < 1.29 is 18.0 Å². The highest BCUT2D eigenvalue weighted by Crippen LogP contribution is 2.27. The molecule has 3 aromatic rings. The minimum Gasteiger partial charge on any atom is -0.363 e. The first-order valence-corrected chi connectivity index (χ1v) is 9.31. The summed E-state index contributed by atoms with van der Waals surface area (Å²) in [5.41, 5.74) is 0.187. The molecule has 0 aliphatic heterocycles. The molecule has 0 spiro atoms. The quantitative estimate of drug-likeness (QED) is 0.613. The number of aromatic nitrogens is 5. The fraction of sp³-hybridized carbons (Fsp3) is 0.211. The average molecular weight is 452 g/mol. The number of hydrogen-bond donors (Lipinski definition) is 1. The molecule has 0 radical (unpaired) electrons. The molecule has 0 unspecified atom stereocenters.